The molecule has 0 unspecified atom stereocenters. The first-order valence-electron chi connectivity index (χ1n) is 6.09. The summed E-state index contributed by atoms with van der Waals surface area (Å²) in [6.45, 7) is 10.3. The van der Waals surface area contributed by atoms with Crippen molar-refractivity contribution >= 4 is 0 Å². The summed E-state index contributed by atoms with van der Waals surface area (Å²) in [7, 11) is 0. The van der Waals surface area contributed by atoms with Gasteiger partial charge in [-0.25, -0.2) is 0 Å². The minimum Gasteiger partial charge on any atom is -0.330 e. The van der Waals surface area contributed by atoms with Crippen LogP contribution in [0.25, 0.3) is 0 Å². The van der Waals surface area contributed by atoms with Crippen LogP contribution in [0, 0.1) is 16.7 Å². The van der Waals surface area contributed by atoms with Crippen LogP contribution >= 0.6 is 0 Å². The van der Waals surface area contributed by atoms with Gasteiger partial charge >= 0.3 is 0 Å². The molecule has 0 aromatic heterocycles. The van der Waals surface area contributed by atoms with E-state index in [1.165, 1.54) is 32.1 Å². The summed E-state index contributed by atoms with van der Waals surface area (Å²) in [6.07, 6.45) is 6.72. The molecule has 0 heterocycles. The maximum Gasteiger partial charge on any atom is -0.00204 e. The maximum absolute atomic E-state index is 5.98. The first kappa shape index (κ1) is 12.0. The van der Waals surface area contributed by atoms with E-state index in [9.17, 15) is 0 Å². The Kier molecular flexibility index (Phi) is 3.63. The van der Waals surface area contributed by atoms with Gasteiger partial charge < -0.3 is 5.73 Å². The Labute approximate surface area is 89.5 Å². The van der Waals surface area contributed by atoms with Crippen LogP contribution in [-0.2, 0) is 0 Å². The largest absolute Gasteiger partial charge is 0.330 e. The van der Waals surface area contributed by atoms with Gasteiger partial charge in [0.25, 0.3) is 0 Å². The van der Waals surface area contributed by atoms with Gasteiger partial charge in [0.15, 0.2) is 0 Å². The number of nitrogens with two attached hydrogens (primary N) is 1. The molecular weight excluding hydrogens is 170 g/mol. The normalized spacial score (nSPS) is 25.3. The van der Waals surface area contributed by atoms with Gasteiger partial charge in [-0.3, -0.25) is 0 Å². The second kappa shape index (κ2) is 4.22. The average molecular weight is 197 g/mol. The zero-order chi connectivity index (χ0) is 10.8. The van der Waals surface area contributed by atoms with Crippen molar-refractivity contribution in [3.8, 4) is 0 Å². The second-order valence-electron chi connectivity index (χ2n) is 6.47. The summed E-state index contributed by atoms with van der Waals surface area (Å²) in [5.74, 6) is 0.791. The highest BCUT2D eigenvalue weighted by atomic mass is 14.6. The predicted octanol–water partition coefficient (Wildman–Crippen LogP) is 3.58. The zero-order valence-corrected chi connectivity index (χ0v) is 10.4. The average Bonchev–Trinajstić information content (AvgIpc) is 2.09. The van der Waals surface area contributed by atoms with Crippen LogP contribution in [0.4, 0.5) is 0 Å². The molecule has 84 valence electrons. The minimum absolute atomic E-state index is 0.476. The molecule has 0 atom stereocenters. The maximum atomic E-state index is 5.98. The van der Waals surface area contributed by atoms with Crippen LogP contribution in [0.15, 0.2) is 0 Å². The lowest BCUT2D eigenvalue weighted by Crippen LogP contribution is -2.38. The van der Waals surface area contributed by atoms with Gasteiger partial charge in [0.2, 0.25) is 0 Å². The zero-order valence-electron chi connectivity index (χ0n) is 10.4. The van der Waals surface area contributed by atoms with Crippen molar-refractivity contribution in [3.63, 3.8) is 0 Å². The van der Waals surface area contributed by atoms with E-state index in [1.54, 1.807) is 0 Å². The molecule has 0 radical (unpaired) electrons. The summed E-state index contributed by atoms with van der Waals surface area (Å²) < 4.78 is 0. The molecule has 1 saturated carbocycles. The molecule has 0 amide bonds. The lowest BCUT2D eigenvalue weighted by Gasteiger charge is -2.44. The van der Waals surface area contributed by atoms with Crippen LogP contribution in [0.5, 0.6) is 0 Å². The van der Waals surface area contributed by atoms with Gasteiger partial charge in [0.1, 0.15) is 0 Å². The van der Waals surface area contributed by atoms with Crippen LogP contribution in [0.3, 0.4) is 0 Å². The van der Waals surface area contributed by atoms with E-state index in [4.69, 9.17) is 5.73 Å². The first-order chi connectivity index (χ1) is 6.39. The standard InChI is InChI=1S/C13H27N/c1-11(2)9-13(10-14)7-5-12(3,4)6-8-13/h11H,5-10,14H2,1-4H3. The number of hydrogen-bond acceptors (Lipinski definition) is 1. The van der Waals surface area contributed by atoms with Crippen molar-refractivity contribution < 1.29 is 0 Å². The SMILES string of the molecule is CC(C)CC1(CN)CCC(C)(C)CC1. The third kappa shape index (κ3) is 2.98. The van der Waals surface area contributed by atoms with Crippen molar-refractivity contribution in [2.45, 2.75) is 59.8 Å². The highest BCUT2D eigenvalue weighted by Gasteiger charge is 2.37. The van der Waals surface area contributed by atoms with E-state index in [-0.39, 0.29) is 0 Å². The van der Waals surface area contributed by atoms with E-state index >= 15 is 0 Å². The van der Waals surface area contributed by atoms with Crippen LogP contribution < -0.4 is 5.73 Å². The highest BCUT2D eigenvalue weighted by molar-refractivity contribution is 4.90. The Hall–Kier alpha value is -0.0400. The lowest BCUT2D eigenvalue weighted by atomic mass is 9.62. The molecule has 14 heavy (non-hydrogen) atoms. The molecule has 2 N–H and O–H groups in total. The smallest absolute Gasteiger partial charge is 0.00204 e. The Morgan fingerprint density at radius 3 is 1.93 bits per heavy atom. The van der Waals surface area contributed by atoms with Crippen LogP contribution in [0.1, 0.15) is 59.8 Å². The fourth-order valence-corrected chi connectivity index (χ4v) is 2.81. The molecule has 1 fully saturated rings. The van der Waals surface area contributed by atoms with Gasteiger partial charge in [0.05, 0.1) is 0 Å². The summed E-state index contributed by atoms with van der Waals surface area (Å²) >= 11 is 0. The van der Waals surface area contributed by atoms with Crippen molar-refractivity contribution in [2.24, 2.45) is 22.5 Å². The van der Waals surface area contributed by atoms with Crippen LogP contribution in [-0.4, -0.2) is 6.54 Å². The summed E-state index contributed by atoms with van der Waals surface area (Å²) in [5.41, 5.74) is 7.02. The first-order valence-corrected chi connectivity index (χ1v) is 6.09. The third-order valence-electron chi connectivity index (χ3n) is 3.94. The molecule has 1 aliphatic carbocycles. The van der Waals surface area contributed by atoms with Crippen molar-refractivity contribution in [1.29, 1.82) is 0 Å². The summed E-state index contributed by atoms with van der Waals surface area (Å²) in [5, 5.41) is 0. The van der Waals surface area contributed by atoms with E-state index < -0.39 is 0 Å². The summed E-state index contributed by atoms with van der Waals surface area (Å²) in [4.78, 5) is 0. The highest BCUT2D eigenvalue weighted by Crippen LogP contribution is 2.47. The lowest BCUT2D eigenvalue weighted by molar-refractivity contribution is 0.0873. The van der Waals surface area contributed by atoms with Crippen molar-refractivity contribution in [1.82, 2.24) is 0 Å². The van der Waals surface area contributed by atoms with E-state index in [0.29, 0.717) is 10.8 Å². The Bertz CT molecular complexity index is 172. The quantitative estimate of drug-likeness (QED) is 0.735. The van der Waals surface area contributed by atoms with Crippen molar-refractivity contribution in [2.75, 3.05) is 6.54 Å². The van der Waals surface area contributed by atoms with E-state index in [0.717, 1.165) is 12.5 Å². The van der Waals surface area contributed by atoms with Gasteiger partial charge in [-0.15, -0.1) is 0 Å². The molecular formula is C13H27N. The molecule has 0 bridgehead atoms. The topological polar surface area (TPSA) is 26.0 Å². The van der Waals surface area contributed by atoms with Gasteiger partial charge in [-0.05, 0) is 55.4 Å². The van der Waals surface area contributed by atoms with Crippen LogP contribution in [0.2, 0.25) is 0 Å². The Morgan fingerprint density at radius 2 is 1.57 bits per heavy atom. The van der Waals surface area contributed by atoms with Gasteiger partial charge in [0, 0.05) is 0 Å². The van der Waals surface area contributed by atoms with E-state index in [2.05, 4.69) is 27.7 Å². The Morgan fingerprint density at radius 1 is 1.07 bits per heavy atom. The second-order valence-corrected chi connectivity index (χ2v) is 6.47. The van der Waals surface area contributed by atoms with Crippen molar-refractivity contribution in [3.05, 3.63) is 0 Å². The predicted molar refractivity (Wildman–Crippen MR) is 63.2 cm³/mol. The molecule has 0 aliphatic heterocycles. The van der Waals surface area contributed by atoms with E-state index in [1.807, 2.05) is 0 Å². The van der Waals surface area contributed by atoms with Gasteiger partial charge in [-0.1, -0.05) is 27.7 Å². The molecule has 0 aromatic carbocycles. The minimum atomic E-state index is 0.476. The number of hydrogen-bond donors (Lipinski definition) is 1. The fourth-order valence-electron chi connectivity index (χ4n) is 2.81. The van der Waals surface area contributed by atoms with Gasteiger partial charge in [-0.2, -0.15) is 0 Å². The molecule has 1 nitrogen and oxygen atoms in total. The summed E-state index contributed by atoms with van der Waals surface area (Å²) in [6, 6.07) is 0. The monoisotopic (exact) mass is 197 g/mol. The molecule has 0 spiro atoms. The number of rotatable bonds is 3. The fraction of sp³-hybridized carbons (Fsp3) is 1.00. The molecule has 0 aromatic rings. The molecule has 0 saturated heterocycles. The third-order valence-corrected chi connectivity index (χ3v) is 3.94. The molecule has 1 rings (SSSR count). The Balaban J connectivity index is 2.57. The molecule has 1 heteroatoms. The molecule has 1 aliphatic rings.